The monoisotopic (exact) mass is 340 g/mol. The van der Waals surface area contributed by atoms with E-state index in [0.717, 1.165) is 6.42 Å². The molecule has 142 valence electrons. The van der Waals surface area contributed by atoms with Crippen LogP contribution in [-0.2, 0) is 9.53 Å². The molecule has 0 rings (SSSR count). The standard InChI is InChI=1S/C21H40O3/c1-11-12-14(2)16(4)17(5)19(23)21(9,10)15(3)13-18(22)24-20(6,7)8/h11,14-17,19,23H,1,12-13H2,2-10H3/t14-,15-,16-,17+,19-/m0/s1. The summed E-state index contributed by atoms with van der Waals surface area (Å²) in [5.74, 6) is 0.842. The Kier molecular flexibility index (Phi) is 8.72. The summed E-state index contributed by atoms with van der Waals surface area (Å²) in [6.45, 7) is 22.1. The zero-order chi connectivity index (χ0) is 19.3. The molecule has 5 atom stereocenters. The minimum absolute atomic E-state index is 0.0340. The molecule has 3 nitrogen and oxygen atoms in total. The fraction of sp³-hybridized carbons (Fsp3) is 0.857. The molecule has 0 spiro atoms. The highest BCUT2D eigenvalue weighted by Crippen LogP contribution is 2.40. The van der Waals surface area contributed by atoms with Crippen molar-refractivity contribution >= 4 is 5.97 Å². The summed E-state index contributed by atoms with van der Waals surface area (Å²) in [7, 11) is 0. The predicted octanol–water partition coefficient (Wildman–Crippen LogP) is 5.23. The van der Waals surface area contributed by atoms with Gasteiger partial charge in [-0.05, 0) is 56.3 Å². The molecule has 0 aromatic carbocycles. The van der Waals surface area contributed by atoms with Crippen LogP contribution in [0.1, 0.15) is 75.2 Å². The van der Waals surface area contributed by atoms with Crippen LogP contribution in [0, 0.1) is 29.1 Å². The van der Waals surface area contributed by atoms with E-state index in [1.54, 1.807) is 0 Å². The molecule has 0 unspecified atom stereocenters. The molecule has 0 aromatic rings. The van der Waals surface area contributed by atoms with Gasteiger partial charge in [-0.1, -0.05) is 47.6 Å². The van der Waals surface area contributed by atoms with E-state index in [4.69, 9.17) is 4.74 Å². The molecule has 0 aromatic heterocycles. The highest BCUT2D eigenvalue weighted by atomic mass is 16.6. The van der Waals surface area contributed by atoms with Crippen molar-refractivity contribution in [1.82, 2.24) is 0 Å². The maximum atomic E-state index is 12.1. The number of allylic oxidation sites excluding steroid dienone is 1. The Morgan fingerprint density at radius 3 is 2.00 bits per heavy atom. The molecular weight excluding hydrogens is 300 g/mol. The Balaban J connectivity index is 4.94. The van der Waals surface area contributed by atoms with Crippen LogP contribution in [-0.4, -0.2) is 22.8 Å². The van der Waals surface area contributed by atoms with Crippen LogP contribution in [0.4, 0.5) is 0 Å². The van der Waals surface area contributed by atoms with Crippen molar-refractivity contribution in [2.24, 2.45) is 29.1 Å². The second-order valence-corrected chi connectivity index (χ2v) is 9.18. The molecule has 3 heteroatoms. The summed E-state index contributed by atoms with van der Waals surface area (Å²) in [5, 5.41) is 11.0. The van der Waals surface area contributed by atoms with E-state index in [0.29, 0.717) is 18.3 Å². The molecule has 0 aliphatic rings. The van der Waals surface area contributed by atoms with Gasteiger partial charge in [0.2, 0.25) is 0 Å². The van der Waals surface area contributed by atoms with Gasteiger partial charge in [0.05, 0.1) is 6.10 Å². The first-order chi connectivity index (χ1) is 10.7. The van der Waals surface area contributed by atoms with Gasteiger partial charge in [0.1, 0.15) is 5.60 Å². The maximum absolute atomic E-state index is 12.1. The van der Waals surface area contributed by atoms with Crippen LogP contribution in [0.15, 0.2) is 12.7 Å². The molecule has 0 heterocycles. The molecule has 0 aliphatic carbocycles. The van der Waals surface area contributed by atoms with E-state index in [-0.39, 0.29) is 23.2 Å². The van der Waals surface area contributed by atoms with Gasteiger partial charge in [0.25, 0.3) is 0 Å². The highest BCUT2D eigenvalue weighted by molar-refractivity contribution is 5.70. The SMILES string of the molecule is C=CC[C@H](C)[C@H](C)[C@@H](C)[C@H](O)C(C)(C)[C@@H](C)CC(=O)OC(C)(C)C. The number of carbonyl (C=O) groups is 1. The molecule has 0 saturated carbocycles. The van der Waals surface area contributed by atoms with Gasteiger partial charge < -0.3 is 9.84 Å². The second kappa shape index (κ2) is 9.03. The van der Waals surface area contributed by atoms with Gasteiger partial charge in [-0.3, -0.25) is 4.79 Å². The summed E-state index contributed by atoms with van der Waals surface area (Å²) in [4.78, 5) is 12.1. The first-order valence-corrected chi connectivity index (χ1v) is 9.24. The summed E-state index contributed by atoms with van der Waals surface area (Å²) < 4.78 is 5.43. The van der Waals surface area contributed by atoms with Gasteiger partial charge in [-0.25, -0.2) is 0 Å². The van der Waals surface area contributed by atoms with Crippen LogP contribution in [0.2, 0.25) is 0 Å². The van der Waals surface area contributed by atoms with Crippen LogP contribution < -0.4 is 0 Å². The van der Waals surface area contributed by atoms with Crippen LogP contribution in [0.5, 0.6) is 0 Å². The third-order valence-corrected chi connectivity index (χ3v) is 5.69. The second-order valence-electron chi connectivity index (χ2n) is 9.18. The van der Waals surface area contributed by atoms with Gasteiger partial charge in [-0.15, -0.1) is 6.58 Å². The predicted molar refractivity (Wildman–Crippen MR) is 102 cm³/mol. The van der Waals surface area contributed by atoms with Gasteiger partial charge >= 0.3 is 5.97 Å². The van der Waals surface area contributed by atoms with Gasteiger partial charge in [-0.2, -0.15) is 0 Å². The van der Waals surface area contributed by atoms with E-state index >= 15 is 0 Å². The smallest absolute Gasteiger partial charge is 0.306 e. The minimum Gasteiger partial charge on any atom is -0.460 e. The summed E-state index contributed by atoms with van der Waals surface area (Å²) in [5.41, 5.74) is -0.833. The highest BCUT2D eigenvalue weighted by Gasteiger charge is 2.40. The Morgan fingerprint density at radius 2 is 1.58 bits per heavy atom. The van der Waals surface area contributed by atoms with E-state index < -0.39 is 11.7 Å². The Labute approximate surface area is 149 Å². The number of hydrogen-bond donors (Lipinski definition) is 1. The fourth-order valence-electron chi connectivity index (χ4n) is 3.15. The molecule has 1 N–H and O–H groups in total. The van der Waals surface area contributed by atoms with E-state index in [1.165, 1.54) is 0 Å². The van der Waals surface area contributed by atoms with E-state index in [2.05, 4.69) is 27.4 Å². The average molecular weight is 341 g/mol. The first kappa shape index (κ1) is 23.2. The molecule has 24 heavy (non-hydrogen) atoms. The number of carbonyl (C=O) groups excluding carboxylic acids is 1. The summed E-state index contributed by atoms with van der Waals surface area (Å²) in [6.07, 6.45) is 2.74. The maximum Gasteiger partial charge on any atom is 0.306 e. The van der Waals surface area contributed by atoms with Crippen molar-refractivity contribution in [2.75, 3.05) is 0 Å². The van der Waals surface area contributed by atoms with E-state index in [1.807, 2.05) is 47.6 Å². The zero-order valence-electron chi connectivity index (χ0n) is 17.3. The normalized spacial score (nSPS) is 19.1. The molecule has 0 saturated heterocycles. The van der Waals surface area contributed by atoms with Crippen molar-refractivity contribution in [1.29, 1.82) is 0 Å². The molecule has 0 aliphatic heterocycles. The Bertz CT molecular complexity index is 406. The fourth-order valence-corrected chi connectivity index (χ4v) is 3.15. The number of aliphatic hydroxyl groups excluding tert-OH is 1. The average Bonchev–Trinajstić information content (AvgIpc) is 2.42. The zero-order valence-corrected chi connectivity index (χ0v) is 17.3. The molecule has 0 radical (unpaired) electrons. The Hall–Kier alpha value is -0.830. The lowest BCUT2D eigenvalue weighted by Gasteiger charge is -2.42. The van der Waals surface area contributed by atoms with Crippen molar-refractivity contribution in [2.45, 2.75) is 86.9 Å². The number of rotatable bonds is 9. The lowest BCUT2D eigenvalue weighted by molar-refractivity contribution is -0.158. The summed E-state index contributed by atoms with van der Waals surface area (Å²) in [6, 6.07) is 0. The van der Waals surface area contributed by atoms with Crippen molar-refractivity contribution < 1.29 is 14.6 Å². The van der Waals surface area contributed by atoms with Crippen molar-refractivity contribution in [3.63, 3.8) is 0 Å². The van der Waals surface area contributed by atoms with Crippen LogP contribution in [0.3, 0.4) is 0 Å². The van der Waals surface area contributed by atoms with Gasteiger partial charge in [0, 0.05) is 6.42 Å². The number of esters is 1. The number of hydrogen-bond acceptors (Lipinski definition) is 3. The van der Waals surface area contributed by atoms with Gasteiger partial charge in [0.15, 0.2) is 0 Å². The summed E-state index contributed by atoms with van der Waals surface area (Å²) >= 11 is 0. The topological polar surface area (TPSA) is 46.5 Å². The quantitative estimate of drug-likeness (QED) is 0.462. The first-order valence-electron chi connectivity index (χ1n) is 9.24. The van der Waals surface area contributed by atoms with Crippen molar-refractivity contribution in [3.8, 4) is 0 Å². The molecule has 0 bridgehead atoms. The lowest BCUT2D eigenvalue weighted by atomic mass is 9.66. The number of aliphatic hydroxyl groups is 1. The van der Waals surface area contributed by atoms with E-state index in [9.17, 15) is 9.90 Å². The largest absolute Gasteiger partial charge is 0.460 e. The third-order valence-electron chi connectivity index (χ3n) is 5.69. The van der Waals surface area contributed by atoms with Crippen LogP contribution >= 0.6 is 0 Å². The third kappa shape index (κ3) is 6.96. The van der Waals surface area contributed by atoms with Crippen molar-refractivity contribution in [3.05, 3.63) is 12.7 Å². The molecule has 0 amide bonds. The number of ether oxygens (including phenoxy) is 1. The molecular formula is C21H40O3. The van der Waals surface area contributed by atoms with Crippen LogP contribution in [0.25, 0.3) is 0 Å². The minimum atomic E-state index is -0.475. The Morgan fingerprint density at radius 1 is 1.08 bits per heavy atom. The molecule has 0 fully saturated rings. The lowest BCUT2D eigenvalue weighted by Crippen LogP contribution is -2.43.